The van der Waals surface area contributed by atoms with E-state index >= 15 is 8.78 Å². The van der Waals surface area contributed by atoms with Gasteiger partial charge in [-0.2, -0.15) is 14.8 Å². The number of amides is 1. The van der Waals surface area contributed by atoms with Gasteiger partial charge in [0.2, 0.25) is 0 Å². The van der Waals surface area contributed by atoms with E-state index in [2.05, 4.69) is 25.0 Å². The molecule has 8 rings (SSSR count). The van der Waals surface area contributed by atoms with Gasteiger partial charge in [-0.05, 0) is 63.1 Å². The van der Waals surface area contributed by atoms with Crippen molar-refractivity contribution in [1.82, 2.24) is 44.2 Å². The van der Waals surface area contributed by atoms with Crippen LogP contribution in [0.4, 0.5) is 25.1 Å². The minimum atomic E-state index is -0.805. The first-order valence-corrected chi connectivity index (χ1v) is 16.5. The van der Waals surface area contributed by atoms with Crippen molar-refractivity contribution in [3.05, 3.63) is 76.8 Å². The number of hydrogen-bond donors (Lipinski definition) is 1. The number of nitrogens with zero attached hydrogens (tertiary/aromatic N) is 10. The standard InChI is InChI=1S/C34H35F2N11O2/c1-17-13-45(18(2)11-25(17)44(3)34(49)46-16-38-14-41-46)31-21-12-23(36)29(26-22(35)5-4-6-24(26)37)42-32(21)47(33(48)43-31)30-27(19-7-8-19)39-15-40-28(30)20-9-10-20/h4-6,12,14-20,25H,7-11,13,37H2,1-3H3/t17-,18+,25?/m1/s1. The zero-order valence-electron chi connectivity index (χ0n) is 27.3. The summed E-state index contributed by atoms with van der Waals surface area (Å²) in [5.41, 5.74) is 7.19. The molecule has 49 heavy (non-hydrogen) atoms. The van der Waals surface area contributed by atoms with E-state index in [4.69, 9.17) is 10.7 Å². The molecular formula is C34H35F2N11O2. The first kappa shape index (κ1) is 31.0. The Morgan fingerprint density at radius 1 is 1.00 bits per heavy atom. The van der Waals surface area contributed by atoms with E-state index in [0.717, 1.165) is 37.1 Å². The largest absolute Gasteiger partial charge is 0.398 e. The molecular weight excluding hydrogens is 632 g/mol. The van der Waals surface area contributed by atoms with Gasteiger partial charge in [-0.3, -0.25) is 0 Å². The highest BCUT2D eigenvalue weighted by molar-refractivity contribution is 5.91. The summed E-state index contributed by atoms with van der Waals surface area (Å²) in [7, 11) is 1.73. The van der Waals surface area contributed by atoms with E-state index in [1.165, 1.54) is 52.5 Å². The minimum absolute atomic E-state index is 0.0170. The fourth-order valence-electron chi connectivity index (χ4n) is 7.21. The molecule has 252 valence electrons. The topological polar surface area (TPSA) is 154 Å². The molecule has 13 nitrogen and oxygen atoms in total. The van der Waals surface area contributed by atoms with Crippen LogP contribution in [0.25, 0.3) is 28.0 Å². The summed E-state index contributed by atoms with van der Waals surface area (Å²) >= 11 is 0. The van der Waals surface area contributed by atoms with E-state index < -0.39 is 17.3 Å². The summed E-state index contributed by atoms with van der Waals surface area (Å²) in [4.78, 5) is 53.6. The number of rotatable bonds is 6. The number of fused-ring (bicyclic) bond motifs is 1. The molecule has 1 saturated heterocycles. The number of pyridine rings is 1. The fourth-order valence-corrected chi connectivity index (χ4v) is 7.21. The molecule has 2 N–H and O–H groups in total. The summed E-state index contributed by atoms with van der Waals surface area (Å²) in [6.45, 7) is 4.40. The summed E-state index contributed by atoms with van der Waals surface area (Å²) in [6, 6.07) is 4.70. The van der Waals surface area contributed by atoms with Crippen LogP contribution in [-0.4, -0.2) is 75.9 Å². The zero-order valence-corrected chi connectivity index (χ0v) is 27.3. The second-order valence-electron chi connectivity index (χ2n) is 13.5. The molecule has 15 heteroatoms. The summed E-state index contributed by atoms with van der Waals surface area (Å²) < 4.78 is 34.1. The molecule has 3 aliphatic rings. The average molecular weight is 668 g/mol. The first-order valence-electron chi connectivity index (χ1n) is 16.5. The number of nitrogens with two attached hydrogens (primary N) is 1. The summed E-state index contributed by atoms with van der Waals surface area (Å²) in [5, 5.41) is 4.26. The molecule has 1 unspecified atom stereocenters. The van der Waals surface area contributed by atoms with Gasteiger partial charge in [0.25, 0.3) is 0 Å². The number of carbonyl (C=O) groups excluding carboxylic acids is 1. The Bertz CT molecular complexity index is 2110. The van der Waals surface area contributed by atoms with Crippen LogP contribution in [0.15, 0.2) is 48.0 Å². The van der Waals surface area contributed by atoms with Gasteiger partial charge < -0.3 is 15.5 Å². The van der Waals surface area contributed by atoms with Gasteiger partial charge >= 0.3 is 11.7 Å². The number of aromatic nitrogens is 8. The van der Waals surface area contributed by atoms with Crippen LogP contribution in [0.5, 0.6) is 0 Å². The molecule has 1 aliphatic heterocycles. The average Bonchev–Trinajstić information content (AvgIpc) is 4.03. The Morgan fingerprint density at radius 2 is 1.71 bits per heavy atom. The van der Waals surface area contributed by atoms with Crippen molar-refractivity contribution in [2.75, 3.05) is 24.2 Å². The number of anilines is 2. The third-order valence-electron chi connectivity index (χ3n) is 10.1. The monoisotopic (exact) mass is 667 g/mol. The van der Waals surface area contributed by atoms with Crippen LogP contribution >= 0.6 is 0 Å². The molecule has 0 radical (unpaired) electrons. The van der Waals surface area contributed by atoms with Crippen molar-refractivity contribution < 1.29 is 13.6 Å². The Hall–Kier alpha value is -5.34. The van der Waals surface area contributed by atoms with Crippen molar-refractivity contribution in [3.63, 3.8) is 0 Å². The van der Waals surface area contributed by atoms with Crippen molar-refractivity contribution in [2.45, 2.75) is 69.9 Å². The summed E-state index contributed by atoms with van der Waals surface area (Å²) in [6.07, 6.45) is 8.42. The van der Waals surface area contributed by atoms with Crippen LogP contribution in [0.2, 0.25) is 0 Å². The Balaban J connectivity index is 1.30. The van der Waals surface area contributed by atoms with Crippen molar-refractivity contribution in [3.8, 4) is 16.9 Å². The number of carbonyl (C=O) groups is 1. The quantitative estimate of drug-likeness (QED) is 0.253. The van der Waals surface area contributed by atoms with Gasteiger partial charge in [0, 0.05) is 43.2 Å². The number of nitrogen functional groups attached to an aromatic ring is 1. The highest BCUT2D eigenvalue weighted by Gasteiger charge is 2.39. The lowest BCUT2D eigenvalue weighted by atomic mass is 9.88. The predicted octanol–water partition coefficient (Wildman–Crippen LogP) is 4.65. The Labute approximate surface area is 279 Å². The number of hydrogen-bond acceptors (Lipinski definition) is 10. The van der Waals surface area contributed by atoms with E-state index in [1.54, 1.807) is 11.9 Å². The normalized spacial score (nSPS) is 20.9. The lowest BCUT2D eigenvalue weighted by molar-refractivity contribution is 0.147. The zero-order chi connectivity index (χ0) is 34.1. The Morgan fingerprint density at radius 3 is 2.35 bits per heavy atom. The molecule has 2 saturated carbocycles. The molecule has 4 aromatic heterocycles. The fraction of sp³-hybridized carbons (Fsp3) is 0.412. The van der Waals surface area contributed by atoms with E-state index in [0.29, 0.717) is 18.7 Å². The molecule has 5 heterocycles. The lowest BCUT2D eigenvalue weighted by Gasteiger charge is -2.45. The molecule has 3 atom stereocenters. The van der Waals surface area contributed by atoms with Gasteiger partial charge in [-0.1, -0.05) is 13.0 Å². The summed E-state index contributed by atoms with van der Waals surface area (Å²) in [5.74, 6) is -1.05. The highest BCUT2D eigenvalue weighted by atomic mass is 19.1. The molecule has 0 spiro atoms. The first-order chi connectivity index (χ1) is 23.6. The van der Waals surface area contributed by atoms with Crippen LogP contribution in [0.3, 0.4) is 0 Å². The van der Waals surface area contributed by atoms with Crippen LogP contribution < -0.4 is 16.3 Å². The van der Waals surface area contributed by atoms with Crippen LogP contribution in [0, 0.1) is 17.6 Å². The van der Waals surface area contributed by atoms with Crippen molar-refractivity contribution in [1.29, 1.82) is 0 Å². The molecule has 3 fully saturated rings. The van der Waals surface area contributed by atoms with E-state index in [-0.39, 0.29) is 69.7 Å². The molecule has 0 bridgehead atoms. The highest BCUT2D eigenvalue weighted by Crippen LogP contribution is 2.48. The maximum Gasteiger partial charge on any atom is 0.355 e. The van der Waals surface area contributed by atoms with E-state index in [9.17, 15) is 9.59 Å². The number of benzene rings is 1. The smallest absolute Gasteiger partial charge is 0.355 e. The SMILES string of the molecule is C[C@@H]1CN(c2nc(=O)n(-c3c(C4CC4)ncnc3C3CC3)c3nc(-c4c(N)cccc4F)c(F)cc23)[C@@H](C)CC1N(C)C(=O)n1cncn1. The molecule has 5 aromatic rings. The van der Waals surface area contributed by atoms with Crippen molar-refractivity contribution >= 4 is 28.6 Å². The van der Waals surface area contributed by atoms with Gasteiger partial charge in [0.1, 0.15) is 36.3 Å². The van der Waals surface area contributed by atoms with Gasteiger partial charge in [-0.25, -0.2) is 42.9 Å². The molecule has 2 aliphatic carbocycles. The van der Waals surface area contributed by atoms with Crippen molar-refractivity contribution in [2.24, 2.45) is 5.92 Å². The maximum atomic E-state index is 16.2. The van der Waals surface area contributed by atoms with Gasteiger partial charge in [0.15, 0.2) is 11.5 Å². The van der Waals surface area contributed by atoms with Crippen LogP contribution in [-0.2, 0) is 0 Å². The molecule has 1 aromatic carbocycles. The van der Waals surface area contributed by atoms with E-state index in [1.807, 2.05) is 18.7 Å². The second-order valence-corrected chi connectivity index (χ2v) is 13.5. The minimum Gasteiger partial charge on any atom is -0.398 e. The lowest BCUT2D eigenvalue weighted by Crippen LogP contribution is -2.55. The van der Waals surface area contributed by atoms with Gasteiger partial charge in [-0.15, -0.1) is 0 Å². The Kier molecular flexibility index (Phi) is 7.37. The third-order valence-corrected chi connectivity index (χ3v) is 10.1. The third kappa shape index (κ3) is 5.27. The van der Waals surface area contributed by atoms with Crippen LogP contribution in [0.1, 0.15) is 69.2 Å². The number of piperidine rings is 1. The number of halogens is 2. The van der Waals surface area contributed by atoms with Gasteiger partial charge in [0.05, 0.1) is 28.0 Å². The molecule has 1 amide bonds. The predicted molar refractivity (Wildman–Crippen MR) is 177 cm³/mol. The maximum absolute atomic E-state index is 16.2. The second kappa shape index (κ2) is 11.7.